The van der Waals surface area contributed by atoms with Crippen molar-refractivity contribution in [2.45, 2.75) is 207 Å². The van der Waals surface area contributed by atoms with E-state index in [0.29, 0.717) is 19.4 Å². The molecule has 0 N–H and O–H groups in total. The van der Waals surface area contributed by atoms with Gasteiger partial charge in [0.15, 0.2) is 6.10 Å². The average molecular weight is 909 g/mol. The Kier molecular flexibility index (Phi) is 51.6. The second-order valence-corrected chi connectivity index (χ2v) is 16.7. The standard InChI is InChI=1S/C61H96O5/c1-4-7-10-13-16-19-22-25-28-29-30-31-32-35-38-41-44-47-50-53-56-64-57-59(66-61(63)55-52-49-46-43-40-37-34-27-24-21-18-15-12-9-6-3)58-65-60(62)54-51-48-45-42-39-36-33-26-23-20-17-14-11-8-5-2/h7-8,10-11,16-21,25-28,30-31,33-35,38-39,42,44,47,59H,4-6,9,12-15,22-24,29,32,36-37,40-41,43,45-46,48-58H2,1-3H3/b10-7-,11-8-,19-16-,20-17-,21-18-,28-25-,31-30-,33-26-,34-27-,38-35-,42-39-,47-44-. The summed E-state index contributed by atoms with van der Waals surface area (Å²) >= 11 is 0. The summed E-state index contributed by atoms with van der Waals surface area (Å²) in [5.74, 6) is -0.506. The van der Waals surface area contributed by atoms with Gasteiger partial charge in [-0.05, 0) is 135 Å². The second-order valence-electron chi connectivity index (χ2n) is 16.7. The van der Waals surface area contributed by atoms with Gasteiger partial charge in [-0.2, -0.15) is 0 Å². The molecule has 0 heterocycles. The second kappa shape index (κ2) is 55.1. The molecule has 0 aliphatic rings. The SMILES string of the molecule is CC/C=C\C/C=C\C/C=C\C/C=C\C/C=C\C/C=C\CCCOCC(COC(=O)CCCC/C=C\C/C=C\C/C=C\C/C=C\CC)OC(=O)CCCCCCC/C=C\C/C=C\CCCCC. The summed E-state index contributed by atoms with van der Waals surface area (Å²) in [6.45, 7) is 7.34. The van der Waals surface area contributed by atoms with Gasteiger partial charge in [0, 0.05) is 19.4 Å². The first kappa shape index (κ1) is 61.8. The first-order chi connectivity index (χ1) is 32.6. The van der Waals surface area contributed by atoms with Crippen LogP contribution >= 0.6 is 0 Å². The minimum atomic E-state index is -0.602. The zero-order valence-corrected chi connectivity index (χ0v) is 42.4. The smallest absolute Gasteiger partial charge is 0.306 e. The van der Waals surface area contributed by atoms with Crippen molar-refractivity contribution in [3.8, 4) is 0 Å². The fraction of sp³-hybridized carbons (Fsp3) is 0.574. The van der Waals surface area contributed by atoms with E-state index in [1.807, 2.05) is 0 Å². The van der Waals surface area contributed by atoms with Gasteiger partial charge in [0.2, 0.25) is 0 Å². The molecular formula is C61H96O5. The van der Waals surface area contributed by atoms with Gasteiger partial charge in [0.05, 0.1) is 6.61 Å². The summed E-state index contributed by atoms with van der Waals surface area (Å²) in [7, 11) is 0. The summed E-state index contributed by atoms with van der Waals surface area (Å²) in [6, 6.07) is 0. The van der Waals surface area contributed by atoms with E-state index in [1.165, 1.54) is 38.5 Å². The fourth-order valence-corrected chi connectivity index (χ4v) is 6.49. The maximum Gasteiger partial charge on any atom is 0.306 e. The Morgan fingerprint density at radius 2 is 0.682 bits per heavy atom. The molecule has 0 radical (unpaired) electrons. The molecule has 0 amide bonds. The lowest BCUT2D eigenvalue weighted by molar-refractivity contribution is -0.163. The molecular weight excluding hydrogens is 813 g/mol. The van der Waals surface area contributed by atoms with Crippen molar-refractivity contribution in [3.05, 3.63) is 146 Å². The van der Waals surface area contributed by atoms with E-state index >= 15 is 0 Å². The first-order valence-corrected chi connectivity index (χ1v) is 26.4. The van der Waals surface area contributed by atoms with Crippen LogP contribution in [-0.4, -0.2) is 37.9 Å². The third-order valence-corrected chi connectivity index (χ3v) is 10.3. The third-order valence-electron chi connectivity index (χ3n) is 10.3. The van der Waals surface area contributed by atoms with Crippen LogP contribution in [0.4, 0.5) is 0 Å². The van der Waals surface area contributed by atoms with E-state index in [9.17, 15) is 9.59 Å². The molecule has 0 fully saturated rings. The predicted octanol–water partition coefficient (Wildman–Crippen LogP) is 18.1. The Morgan fingerprint density at radius 3 is 1.12 bits per heavy atom. The zero-order chi connectivity index (χ0) is 47.7. The van der Waals surface area contributed by atoms with Gasteiger partial charge in [0.1, 0.15) is 6.61 Å². The number of esters is 2. The van der Waals surface area contributed by atoms with Crippen LogP contribution in [0.3, 0.4) is 0 Å². The molecule has 0 aliphatic carbocycles. The molecule has 0 aromatic rings. The van der Waals surface area contributed by atoms with Crippen LogP contribution in [0.25, 0.3) is 0 Å². The lowest BCUT2D eigenvalue weighted by Crippen LogP contribution is -2.30. The van der Waals surface area contributed by atoms with Gasteiger partial charge in [0.25, 0.3) is 0 Å². The molecule has 0 aliphatic heterocycles. The molecule has 0 spiro atoms. The minimum Gasteiger partial charge on any atom is -0.462 e. The average Bonchev–Trinajstić information content (AvgIpc) is 3.32. The highest BCUT2D eigenvalue weighted by molar-refractivity contribution is 5.70. The van der Waals surface area contributed by atoms with Crippen LogP contribution in [0.15, 0.2) is 146 Å². The molecule has 5 heteroatoms. The molecule has 5 nitrogen and oxygen atoms in total. The quantitative estimate of drug-likeness (QED) is 0.0346. The van der Waals surface area contributed by atoms with Crippen molar-refractivity contribution in [2.24, 2.45) is 0 Å². The van der Waals surface area contributed by atoms with Crippen molar-refractivity contribution in [1.82, 2.24) is 0 Å². The van der Waals surface area contributed by atoms with E-state index < -0.39 is 6.10 Å². The van der Waals surface area contributed by atoms with Gasteiger partial charge in [-0.15, -0.1) is 0 Å². The van der Waals surface area contributed by atoms with E-state index in [2.05, 4.69) is 167 Å². The van der Waals surface area contributed by atoms with Crippen molar-refractivity contribution < 1.29 is 23.8 Å². The largest absolute Gasteiger partial charge is 0.462 e. The molecule has 0 saturated carbocycles. The monoisotopic (exact) mass is 909 g/mol. The van der Waals surface area contributed by atoms with Crippen LogP contribution in [0.5, 0.6) is 0 Å². The fourth-order valence-electron chi connectivity index (χ4n) is 6.49. The topological polar surface area (TPSA) is 61.8 Å². The van der Waals surface area contributed by atoms with Crippen LogP contribution in [0.1, 0.15) is 201 Å². The Balaban J connectivity index is 4.50. The van der Waals surface area contributed by atoms with Gasteiger partial charge < -0.3 is 14.2 Å². The van der Waals surface area contributed by atoms with E-state index in [4.69, 9.17) is 14.2 Å². The highest BCUT2D eigenvalue weighted by atomic mass is 16.6. The molecule has 1 atom stereocenters. The number of hydrogen-bond donors (Lipinski definition) is 0. The number of allylic oxidation sites excluding steroid dienone is 24. The molecule has 0 rings (SSSR count). The summed E-state index contributed by atoms with van der Waals surface area (Å²) in [6.07, 6.45) is 80.1. The van der Waals surface area contributed by atoms with Gasteiger partial charge >= 0.3 is 11.9 Å². The Morgan fingerprint density at radius 1 is 0.348 bits per heavy atom. The number of unbranched alkanes of at least 4 members (excludes halogenated alkanes) is 11. The summed E-state index contributed by atoms with van der Waals surface area (Å²) in [5.41, 5.74) is 0. The van der Waals surface area contributed by atoms with Crippen molar-refractivity contribution in [1.29, 1.82) is 0 Å². The normalized spacial score (nSPS) is 13.4. The molecule has 0 bridgehead atoms. The lowest BCUT2D eigenvalue weighted by atomic mass is 10.1. The number of carbonyl (C=O) groups is 2. The molecule has 0 aromatic carbocycles. The number of rotatable bonds is 46. The first-order valence-electron chi connectivity index (χ1n) is 26.4. The van der Waals surface area contributed by atoms with Crippen LogP contribution in [0, 0.1) is 0 Å². The molecule has 0 saturated heterocycles. The molecule has 66 heavy (non-hydrogen) atoms. The third kappa shape index (κ3) is 52.4. The van der Waals surface area contributed by atoms with Gasteiger partial charge in [-0.1, -0.05) is 199 Å². The van der Waals surface area contributed by atoms with E-state index in [-0.39, 0.29) is 25.2 Å². The summed E-state index contributed by atoms with van der Waals surface area (Å²) in [5, 5.41) is 0. The minimum absolute atomic E-state index is 0.0246. The zero-order valence-electron chi connectivity index (χ0n) is 42.4. The van der Waals surface area contributed by atoms with E-state index in [1.54, 1.807) is 0 Å². The van der Waals surface area contributed by atoms with Crippen molar-refractivity contribution in [2.75, 3.05) is 19.8 Å². The van der Waals surface area contributed by atoms with Crippen molar-refractivity contribution >= 4 is 11.9 Å². The number of hydrogen-bond acceptors (Lipinski definition) is 5. The van der Waals surface area contributed by atoms with Crippen LogP contribution in [-0.2, 0) is 23.8 Å². The van der Waals surface area contributed by atoms with E-state index in [0.717, 1.165) is 128 Å². The van der Waals surface area contributed by atoms with Crippen LogP contribution < -0.4 is 0 Å². The van der Waals surface area contributed by atoms with Gasteiger partial charge in [-0.3, -0.25) is 9.59 Å². The summed E-state index contributed by atoms with van der Waals surface area (Å²) < 4.78 is 17.3. The highest BCUT2D eigenvalue weighted by Gasteiger charge is 2.17. The number of ether oxygens (including phenoxy) is 3. The molecule has 0 aromatic heterocycles. The van der Waals surface area contributed by atoms with Crippen LogP contribution in [0.2, 0.25) is 0 Å². The Bertz CT molecular complexity index is 1450. The summed E-state index contributed by atoms with van der Waals surface area (Å²) in [4.78, 5) is 25.4. The number of carbonyl (C=O) groups excluding carboxylic acids is 2. The molecule has 1 unspecified atom stereocenters. The van der Waals surface area contributed by atoms with Crippen molar-refractivity contribution in [3.63, 3.8) is 0 Å². The maximum absolute atomic E-state index is 12.8. The Labute approximate surface area is 406 Å². The lowest BCUT2D eigenvalue weighted by Gasteiger charge is -2.18. The highest BCUT2D eigenvalue weighted by Crippen LogP contribution is 2.11. The Hall–Kier alpha value is -4.22. The maximum atomic E-state index is 12.8. The predicted molar refractivity (Wildman–Crippen MR) is 288 cm³/mol. The van der Waals surface area contributed by atoms with Gasteiger partial charge in [-0.25, -0.2) is 0 Å². The molecule has 370 valence electrons.